The van der Waals surface area contributed by atoms with Crippen molar-refractivity contribution in [2.45, 2.75) is 51.2 Å². The minimum Gasteiger partial charge on any atom is -0.382 e. The summed E-state index contributed by atoms with van der Waals surface area (Å²) in [6, 6.07) is 3.98. The number of nitrogen functional groups attached to an aromatic ring is 1. The first-order valence-electron chi connectivity index (χ1n) is 7.98. The summed E-state index contributed by atoms with van der Waals surface area (Å²) in [5.74, 6) is 0.488. The minimum atomic E-state index is -0.355. The number of hydrogen-bond donors (Lipinski definition) is 1. The van der Waals surface area contributed by atoms with E-state index in [-0.39, 0.29) is 11.7 Å². The van der Waals surface area contributed by atoms with Crippen LogP contribution in [0.4, 0.5) is 5.82 Å². The molecule has 1 aliphatic heterocycles. The molecular weight excluding hydrogens is 280 g/mol. The molecule has 0 aliphatic carbocycles. The zero-order valence-corrected chi connectivity index (χ0v) is 13.3. The molecule has 0 radical (unpaired) electrons. The Balaban J connectivity index is 1.72. The summed E-state index contributed by atoms with van der Waals surface area (Å²) in [4.78, 5) is 4.03. The summed E-state index contributed by atoms with van der Waals surface area (Å²) in [7, 11) is 0. The van der Waals surface area contributed by atoms with Crippen LogP contribution in [0.5, 0.6) is 0 Å². The van der Waals surface area contributed by atoms with Gasteiger partial charge in [0, 0.05) is 6.61 Å². The van der Waals surface area contributed by atoms with Crippen LogP contribution < -0.4 is 5.73 Å². The smallest absolute Gasteiger partial charge is 0.151 e. The first-order valence-corrected chi connectivity index (χ1v) is 7.98. The number of hydrogen-bond acceptors (Lipinski definition) is 5. The van der Waals surface area contributed by atoms with E-state index < -0.39 is 0 Å². The van der Waals surface area contributed by atoms with Gasteiger partial charge in [-0.1, -0.05) is 13.3 Å². The lowest BCUT2D eigenvalue weighted by Crippen LogP contribution is -2.26. The Morgan fingerprint density at radius 2 is 2.36 bits per heavy atom. The Hall–Kier alpha value is -1.66. The highest BCUT2D eigenvalue weighted by Gasteiger charge is 2.39. The molecule has 1 saturated heterocycles. The van der Waals surface area contributed by atoms with Crippen molar-refractivity contribution in [3.8, 4) is 0 Å². The van der Waals surface area contributed by atoms with Gasteiger partial charge in [0.1, 0.15) is 17.4 Å². The number of anilines is 1. The third kappa shape index (κ3) is 2.80. The predicted octanol–water partition coefficient (Wildman–Crippen LogP) is 2.52. The minimum absolute atomic E-state index is 0.145. The number of nitrogens with zero attached hydrogens (tertiary/aromatic N) is 3. The second kappa shape index (κ2) is 6.22. The third-order valence-electron chi connectivity index (χ3n) is 4.34. The van der Waals surface area contributed by atoms with Crippen molar-refractivity contribution in [2.24, 2.45) is 0 Å². The molecule has 22 heavy (non-hydrogen) atoms. The summed E-state index contributed by atoms with van der Waals surface area (Å²) in [6.07, 6.45) is 5.83. The molecule has 6 nitrogen and oxygen atoms in total. The summed E-state index contributed by atoms with van der Waals surface area (Å²) in [5.41, 5.74) is 7.39. The van der Waals surface area contributed by atoms with E-state index in [9.17, 15) is 0 Å². The Labute approximate surface area is 130 Å². The molecule has 0 bridgehead atoms. The monoisotopic (exact) mass is 304 g/mol. The molecule has 0 amide bonds. The van der Waals surface area contributed by atoms with Crippen LogP contribution in [0.3, 0.4) is 0 Å². The van der Waals surface area contributed by atoms with Gasteiger partial charge in [0.25, 0.3) is 0 Å². The highest BCUT2D eigenvalue weighted by molar-refractivity contribution is 5.65. The van der Waals surface area contributed by atoms with Gasteiger partial charge in [0.05, 0.1) is 18.4 Å². The molecule has 2 atom stereocenters. The second-order valence-corrected chi connectivity index (χ2v) is 6.10. The van der Waals surface area contributed by atoms with E-state index in [2.05, 4.69) is 23.9 Å². The lowest BCUT2D eigenvalue weighted by Gasteiger charge is -2.24. The van der Waals surface area contributed by atoms with E-state index in [0.717, 1.165) is 43.5 Å². The van der Waals surface area contributed by atoms with E-state index in [1.165, 1.54) is 6.33 Å². The zero-order chi connectivity index (χ0) is 15.6. The Kier molecular flexibility index (Phi) is 4.31. The predicted molar refractivity (Wildman–Crippen MR) is 84.6 cm³/mol. The molecule has 3 rings (SSSR count). The fourth-order valence-corrected chi connectivity index (χ4v) is 3.04. The van der Waals surface area contributed by atoms with Crippen molar-refractivity contribution in [1.82, 2.24) is 14.6 Å². The molecule has 1 aliphatic rings. The molecule has 6 heteroatoms. The number of aromatic nitrogens is 3. The van der Waals surface area contributed by atoms with Crippen molar-refractivity contribution in [2.75, 3.05) is 18.9 Å². The van der Waals surface area contributed by atoms with Gasteiger partial charge in [0.15, 0.2) is 5.82 Å². The Morgan fingerprint density at radius 3 is 3.18 bits per heavy atom. The van der Waals surface area contributed by atoms with Crippen LogP contribution in [-0.4, -0.2) is 33.9 Å². The number of rotatable bonds is 6. The number of ether oxygens (including phenoxy) is 2. The molecule has 1 unspecified atom stereocenters. The number of unbranched alkanes of at least 4 members (excludes halogenated alkanes) is 1. The molecule has 2 aromatic rings. The van der Waals surface area contributed by atoms with Gasteiger partial charge >= 0.3 is 0 Å². The zero-order valence-electron chi connectivity index (χ0n) is 13.3. The average Bonchev–Trinajstić information content (AvgIpc) is 3.10. The highest BCUT2D eigenvalue weighted by Crippen LogP contribution is 2.39. The van der Waals surface area contributed by atoms with E-state index in [4.69, 9.17) is 15.2 Å². The van der Waals surface area contributed by atoms with E-state index in [1.807, 2.05) is 16.6 Å². The first kappa shape index (κ1) is 15.2. The van der Waals surface area contributed by atoms with Gasteiger partial charge in [0.2, 0.25) is 0 Å². The van der Waals surface area contributed by atoms with Crippen molar-refractivity contribution >= 4 is 11.3 Å². The molecular formula is C16H24N4O2. The van der Waals surface area contributed by atoms with Gasteiger partial charge in [-0.2, -0.15) is 5.10 Å². The lowest BCUT2D eigenvalue weighted by molar-refractivity contribution is -0.0688. The van der Waals surface area contributed by atoms with E-state index in [1.54, 1.807) is 0 Å². The molecule has 0 aromatic carbocycles. The largest absolute Gasteiger partial charge is 0.382 e. The van der Waals surface area contributed by atoms with Crippen LogP contribution >= 0.6 is 0 Å². The average molecular weight is 304 g/mol. The maximum Gasteiger partial charge on any atom is 0.151 e. The fourth-order valence-electron chi connectivity index (χ4n) is 3.04. The first-order chi connectivity index (χ1) is 10.6. The second-order valence-electron chi connectivity index (χ2n) is 6.10. The van der Waals surface area contributed by atoms with Crippen molar-refractivity contribution < 1.29 is 9.47 Å². The SMILES string of the molecule is CCCCOC[C@@H]1CCC(C)(c2ccc3c(N)ncnn23)O1. The topological polar surface area (TPSA) is 74.7 Å². The maximum absolute atomic E-state index is 6.27. The van der Waals surface area contributed by atoms with Gasteiger partial charge in [-0.05, 0) is 38.3 Å². The standard InChI is InChI=1S/C16H24N4O2/c1-3-4-9-21-10-12-7-8-16(2,22-12)14-6-5-13-15(17)18-11-19-20(13)14/h5-6,11-12H,3-4,7-10H2,1-2H3,(H2,17,18,19)/t12-,16?/m0/s1. The summed E-state index contributed by atoms with van der Waals surface area (Å²) in [5, 5.41) is 4.32. The molecule has 0 spiro atoms. The number of nitrogens with two attached hydrogens (primary N) is 1. The normalized spacial score (nSPS) is 25.1. The molecule has 2 aromatic heterocycles. The van der Waals surface area contributed by atoms with Crippen molar-refractivity contribution in [1.29, 1.82) is 0 Å². The summed E-state index contributed by atoms with van der Waals surface area (Å²) < 4.78 is 13.8. The molecule has 3 heterocycles. The van der Waals surface area contributed by atoms with E-state index in [0.29, 0.717) is 12.4 Å². The third-order valence-corrected chi connectivity index (χ3v) is 4.34. The van der Waals surface area contributed by atoms with Crippen LogP contribution in [0.1, 0.15) is 45.2 Å². The van der Waals surface area contributed by atoms with E-state index >= 15 is 0 Å². The van der Waals surface area contributed by atoms with Crippen LogP contribution in [0.15, 0.2) is 18.5 Å². The Morgan fingerprint density at radius 1 is 1.50 bits per heavy atom. The lowest BCUT2D eigenvalue weighted by atomic mass is 9.98. The Bertz CT molecular complexity index is 642. The van der Waals surface area contributed by atoms with Crippen LogP contribution in [0.2, 0.25) is 0 Å². The highest BCUT2D eigenvalue weighted by atomic mass is 16.6. The quantitative estimate of drug-likeness (QED) is 0.830. The van der Waals surface area contributed by atoms with Crippen molar-refractivity contribution in [3.05, 3.63) is 24.2 Å². The molecule has 1 fully saturated rings. The van der Waals surface area contributed by atoms with Crippen LogP contribution in [0, 0.1) is 0 Å². The van der Waals surface area contributed by atoms with Gasteiger partial charge in [-0.15, -0.1) is 0 Å². The fraction of sp³-hybridized carbons (Fsp3) is 0.625. The summed E-state index contributed by atoms with van der Waals surface area (Å²) in [6.45, 7) is 5.75. The van der Waals surface area contributed by atoms with Crippen molar-refractivity contribution in [3.63, 3.8) is 0 Å². The maximum atomic E-state index is 6.27. The molecule has 120 valence electrons. The van der Waals surface area contributed by atoms with Crippen LogP contribution in [0.25, 0.3) is 5.52 Å². The summed E-state index contributed by atoms with van der Waals surface area (Å²) >= 11 is 0. The molecule has 0 saturated carbocycles. The van der Waals surface area contributed by atoms with Gasteiger partial charge in [-0.3, -0.25) is 0 Å². The molecule has 2 N–H and O–H groups in total. The van der Waals surface area contributed by atoms with Crippen LogP contribution in [-0.2, 0) is 15.1 Å². The van der Waals surface area contributed by atoms with Gasteiger partial charge in [-0.25, -0.2) is 9.50 Å². The van der Waals surface area contributed by atoms with Gasteiger partial charge < -0.3 is 15.2 Å². The number of fused-ring (bicyclic) bond motifs is 1.